The maximum absolute atomic E-state index is 12.7. The van der Waals surface area contributed by atoms with Gasteiger partial charge in [0.15, 0.2) is 0 Å². The highest BCUT2D eigenvalue weighted by atomic mass is 16.2. The summed E-state index contributed by atoms with van der Waals surface area (Å²) >= 11 is 0. The summed E-state index contributed by atoms with van der Waals surface area (Å²) in [5.74, 6) is -0.280. The number of benzene rings is 1. The average molecular weight is 340 g/mol. The fraction of sp³-hybridized carbons (Fsp3) is 0.421. The van der Waals surface area contributed by atoms with Crippen molar-refractivity contribution >= 4 is 11.8 Å². The fourth-order valence-corrected chi connectivity index (χ4v) is 3.43. The molecule has 0 radical (unpaired) electrons. The average Bonchev–Trinajstić information content (AvgIpc) is 2.90. The third-order valence-electron chi connectivity index (χ3n) is 5.02. The van der Waals surface area contributed by atoms with Gasteiger partial charge in [0.1, 0.15) is 0 Å². The summed E-state index contributed by atoms with van der Waals surface area (Å²) in [4.78, 5) is 25.8. The lowest BCUT2D eigenvalue weighted by Crippen LogP contribution is -2.42. The molecule has 2 aromatic rings. The number of hydrogen-bond acceptors (Lipinski definition) is 3. The lowest BCUT2D eigenvalue weighted by atomic mass is 9.96. The van der Waals surface area contributed by atoms with Gasteiger partial charge in [0.2, 0.25) is 11.8 Å². The molecule has 1 aliphatic rings. The van der Waals surface area contributed by atoms with Gasteiger partial charge in [-0.25, -0.2) is 4.68 Å². The van der Waals surface area contributed by atoms with E-state index in [1.807, 2.05) is 53.8 Å². The van der Waals surface area contributed by atoms with Gasteiger partial charge in [-0.3, -0.25) is 9.59 Å². The number of carbonyl (C=O) groups is 2. The quantitative estimate of drug-likeness (QED) is 0.921. The van der Waals surface area contributed by atoms with Crippen LogP contribution in [0.2, 0.25) is 0 Å². The second-order valence-electron chi connectivity index (χ2n) is 6.63. The predicted molar refractivity (Wildman–Crippen MR) is 95.2 cm³/mol. The summed E-state index contributed by atoms with van der Waals surface area (Å²) in [6.45, 7) is 5.12. The molecule has 3 rings (SSSR count). The molecule has 0 unspecified atom stereocenters. The molecule has 0 aliphatic carbocycles. The molecule has 6 nitrogen and oxygen atoms in total. The Morgan fingerprint density at radius 2 is 1.80 bits per heavy atom. The minimum absolute atomic E-state index is 0.0849. The van der Waals surface area contributed by atoms with Crippen molar-refractivity contribution in [3.05, 3.63) is 47.3 Å². The summed E-state index contributed by atoms with van der Waals surface area (Å²) in [7, 11) is 0. The first-order chi connectivity index (χ1) is 12.0. The molecule has 1 fully saturated rings. The molecule has 0 bridgehead atoms. The van der Waals surface area contributed by atoms with E-state index in [4.69, 9.17) is 5.73 Å². The Morgan fingerprint density at radius 3 is 2.40 bits per heavy atom. The summed E-state index contributed by atoms with van der Waals surface area (Å²) < 4.78 is 1.89. The first kappa shape index (κ1) is 17.2. The second kappa shape index (κ2) is 7.09. The van der Waals surface area contributed by atoms with E-state index in [0.29, 0.717) is 32.4 Å². The van der Waals surface area contributed by atoms with Gasteiger partial charge in [0.25, 0.3) is 0 Å². The maximum atomic E-state index is 12.7. The lowest BCUT2D eigenvalue weighted by molar-refractivity contribution is -0.134. The molecule has 2 N–H and O–H groups in total. The number of piperidine rings is 1. The van der Waals surface area contributed by atoms with E-state index >= 15 is 0 Å². The number of likely N-dealkylation sites (tertiary alicyclic amines) is 1. The van der Waals surface area contributed by atoms with Gasteiger partial charge >= 0.3 is 0 Å². The van der Waals surface area contributed by atoms with Crippen LogP contribution in [0.5, 0.6) is 0 Å². The Morgan fingerprint density at radius 1 is 1.16 bits per heavy atom. The number of aromatic nitrogens is 2. The van der Waals surface area contributed by atoms with Gasteiger partial charge in [-0.15, -0.1) is 0 Å². The van der Waals surface area contributed by atoms with Crippen molar-refractivity contribution in [3.8, 4) is 5.69 Å². The molecule has 2 heterocycles. The zero-order chi connectivity index (χ0) is 18.0. The summed E-state index contributed by atoms with van der Waals surface area (Å²) in [6.07, 6.45) is 1.65. The van der Waals surface area contributed by atoms with E-state index in [9.17, 15) is 9.59 Å². The number of primary amides is 1. The number of nitrogens with two attached hydrogens (primary N) is 1. The van der Waals surface area contributed by atoms with Crippen LogP contribution in [-0.4, -0.2) is 39.6 Å². The molecular weight excluding hydrogens is 316 g/mol. The first-order valence-corrected chi connectivity index (χ1v) is 8.65. The van der Waals surface area contributed by atoms with E-state index in [-0.39, 0.29) is 17.7 Å². The lowest BCUT2D eigenvalue weighted by Gasteiger charge is -2.30. The molecule has 2 amide bonds. The van der Waals surface area contributed by atoms with Crippen molar-refractivity contribution in [1.29, 1.82) is 0 Å². The fourth-order valence-electron chi connectivity index (χ4n) is 3.43. The van der Waals surface area contributed by atoms with E-state index < -0.39 is 0 Å². The van der Waals surface area contributed by atoms with Crippen molar-refractivity contribution in [2.45, 2.75) is 33.1 Å². The van der Waals surface area contributed by atoms with Crippen molar-refractivity contribution < 1.29 is 9.59 Å². The van der Waals surface area contributed by atoms with Crippen molar-refractivity contribution in [2.24, 2.45) is 11.7 Å². The van der Waals surface area contributed by atoms with Gasteiger partial charge in [-0.2, -0.15) is 5.10 Å². The molecule has 132 valence electrons. The van der Waals surface area contributed by atoms with Gasteiger partial charge < -0.3 is 10.6 Å². The highest BCUT2D eigenvalue weighted by Crippen LogP contribution is 2.21. The Balaban J connectivity index is 1.72. The Kier molecular flexibility index (Phi) is 4.88. The number of rotatable bonds is 4. The third kappa shape index (κ3) is 3.57. The molecule has 1 aromatic carbocycles. The van der Waals surface area contributed by atoms with Gasteiger partial charge in [0.05, 0.1) is 17.8 Å². The van der Waals surface area contributed by atoms with Crippen LogP contribution in [0.3, 0.4) is 0 Å². The number of amides is 2. The van der Waals surface area contributed by atoms with Crippen molar-refractivity contribution in [3.63, 3.8) is 0 Å². The zero-order valence-corrected chi connectivity index (χ0v) is 14.7. The molecule has 1 aromatic heterocycles. The molecule has 0 saturated carbocycles. The second-order valence-corrected chi connectivity index (χ2v) is 6.63. The van der Waals surface area contributed by atoms with Gasteiger partial charge in [0, 0.05) is 30.3 Å². The summed E-state index contributed by atoms with van der Waals surface area (Å²) in [6, 6.07) is 9.91. The van der Waals surface area contributed by atoms with Crippen LogP contribution in [-0.2, 0) is 16.0 Å². The van der Waals surface area contributed by atoms with Crippen LogP contribution in [0.15, 0.2) is 30.3 Å². The highest BCUT2D eigenvalue weighted by molar-refractivity contribution is 5.80. The summed E-state index contributed by atoms with van der Waals surface area (Å²) in [5.41, 5.74) is 9.19. The molecule has 1 aliphatic heterocycles. The monoisotopic (exact) mass is 340 g/mol. The number of hydrogen-bond donors (Lipinski definition) is 1. The number of aryl methyl sites for hydroxylation is 1. The van der Waals surface area contributed by atoms with Crippen LogP contribution in [0.4, 0.5) is 0 Å². The molecule has 1 saturated heterocycles. The maximum Gasteiger partial charge on any atom is 0.227 e. The van der Waals surface area contributed by atoms with Crippen LogP contribution in [0, 0.1) is 19.8 Å². The van der Waals surface area contributed by atoms with E-state index in [1.54, 1.807) is 0 Å². The Hall–Kier alpha value is -2.63. The van der Waals surface area contributed by atoms with Crippen LogP contribution >= 0.6 is 0 Å². The van der Waals surface area contributed by atoms with Crippen molar-refractivity contribution in [1.82, 2.24) is 14.7 Å². The minimum atomic E-state index is -0.261. The number of nitrogens with zero attached hydrogens (tertiary/aromatic N) is 3. The standard InChI is InChI=1S/C19H24N4O2/c1-13-17(14(2)23(21-13)16-6-4-3-5-7-16)12-18(24)22-10-8-15(9-11-22)19(20)25/h3-7,15H,8-12H2,1-2H3,(H2,20,25). The normalized spacial score (nSPS) is 15.4. The Labute approximate surface area is 147 Å². The SMILES string of the molecule is Cc1nn(-c2ccccc2)c(C)c1CC(=O)N1CCC(C(N)=O)CC1. The molecule has 6 heteroatoms. The van der Waals surface area contributed by atoms with Crippen LogP contribution in [0.1, 0.15) is 29.8 Å². The van der Waals surface area contributed by atoms with E-state index in [1.165, 1.54) is 0 Å². The number of carbonyl (C=O) groups excluding carboxylic acids is 2. The topological polar surface area (TPSA) is 81.2 Å². The van der Waals surface area contributed by atoms with Crippen molar-refractivity contribution in [2.75, 3.05) is 13.1 Å². The summed E-state index contributed by atoms with van der Waals surface area (Å²) in [5, 5.41) is 4.60. The van der Waals surface area contributed by atoms with Gasteiger partial charge in [-0.05, 0) is 38.8 Å². The smallest absolute Gasteiger partial charge is 0.227 e. The predicted octanol–water partition coefficient (Wildman–Crippen LogP) is 1.76. The van der Waals surface area contributed by atoms with E-state index in [2.05, 4.69) is 5.10 Å². The minimum Gasteiger partial charge on any atom is -0.369 e. The molecule has 0 spiro atoms. The molecule has 0 atom stereocenters. The highest BCUT2D eigenvalue weighted by Gasteiger charge is 2.27. The zero-order valence-electron chi connectivity index (χ0n) is 14.7. The number of para-hydroxylation sites is 1. The largest absolute Gasteiger partial charge is 0.369 e. The Bertz CT molecular complexity index is 774. The third-order valence-corrected chi connectivity index (χ3v) is 5.02. The first-order valence-electron chi connectivity index (χ1n) is 8.65. The molecular formula is C19H24N4O2. The van der Waals surface area contributed by atoms with Crippen LogP contribution < -0.4 is 5.73 Å². The van der Waals surface area contributed by atoms with Crippen LogP contribution in [0.25, 0.3) is 5.69 Å². The molecule has 25 heavy (non-hydrogen) atoms. The van der Waals surface area contributed by atoms with Gasteiger partial charge in [-0.1, -0.05) is 18.2 Å². The van der Waals surface area contributed by atoms with E-state index in [0.717, 1.165) is 22.6 Å².